The average Bonchev–Trinajstić information content (AvgIpc) is 3.56. The van der Waals surface area contributed by atoms with Crippen molar-refractivity contribution in [1.29, 1.82) is 0 Å². The van der Waals surface area contributed by atoms with Gasteiger partial charge in [-0.15, -0.1) is 5.10 Å². The maximum Gasteiger partial charge on any atom is 0.231 e. The molecule has 39 heavy (non-hydrogen) atoms. The fourth-order valence-corrected chi connectivity index (χ4v) is 5.18. The van der Waals surface area contributed by atoms with Crippen molar-refractivity contribution in [3.05, 3.63) is 89.2 Å². The van der Waals surface area contributed by atoms with Crippen LogP contribution in [0.3, 0.4) is 0 Å². The number of nitrogens with two attached hydrogens (primary N) is 2. The molecule has 11 nitrogen and oxygen atoms in total. The second-order valence-electron chi connectivity index (χ2n) is 9.83. The van der Waals surface area contributed by atoms with Crippen molar-refractivity contribution in [2.45, 2.75) is 25.3 Å². The number of rotatable bonds is 3. The molecule has 0 aliphatic carbocycles. The van der Waals surface area contributed by atoms with Gasteiger partial charge in [-0.2, -0.15) is 15.4 Å². The van der Waals surface area contributed by atoms with Gasteiger partial charge in [0.2, 0.25) is 11.6 Å². The van der Waals surface area contributed by atoms with Crippen molar-refractivity contribution >= 4 is 22.9 Å². The first-order valence-electron chi connectivity index (χ1n) is 12.9. The summed E-state index contributed by atoms with van der Waals surface area (Å²) in [7, 11) is 0. The third-order valence-corrected chi connectivity index (χ3v) is 6.98. The molecule has 1 amide bonds. The number of primary amides is 1. The zero-order valence-corrected chi connectivity index (χ0v) is 21.3. The molecule has 11 heteroatoms. The van der Waals surface area contributed by atoms with Crippen LogP contribution < -0.4 is 16.2 Å². The minimum absolute atomic E-state index is 0.110. The topological polar surface area (TPSA) is 154 Å². The van der Waals surface area contributed by atoms with Crippen LogP contribution in [0.2, 0.25) is 0 Å². The number of carbonyl (C=O) groups is 1. The highest BCUT2D eigenvalue weighted by molar-refractivity contribution is 5.77. The molecule has 0 spiro atoms. The normalized spacial score (nSPS) is 16.5. The number of aromatic amines is 1. The number of nitrogen functional groups attached to an aromatic ring is 1. The number of fused-ring (bicyclic) bond motifs is 7. The Hall–Kier alpha value is -4.77. The number of hydrogen-bond donors (Lipinski definition) is 3. The Balaban J connectivity index is 1.41. The van der Waals surface area contributed by atoms with E-state index in [9.17, 15) is 4.79 Å². The number of nitrogens with one attached hydrogen (secondary N) is 1. The van der Waals surface area contributed by atoms with Crippen LogP contribution in [0, 0.1) is 0 Å². The Labute approximate surface area is 224 Å². The first-order valence-corrected chi connectivity index (χ1v) is 12.9. The van der Waals surface area contributed by atoms with E-state index in [4.69, 9.17) is 16.2 Å². The highest BCUT2D eigenvalue weighted by Crippen LogP contribution is 2.33. The molecule has 6 bridgehead atoms. The highest BCUT2D eigenvalue weighted by atomic mass is 16.5. The van der Waals surface area contributed by atoms with Crippen LogP contribution in [0.1, 0.15) is 34.6 Å². The molecule has 6 rings (SSSR count). The average molecular weight is 524 g/mol. The molecule has 2 aromatic carbocycles. The minimum Gasteiger partial charge on any atom is -0.457 e. The second-order valence-corrected chi connectivity index (χ2v) is 9.83. The summed E-state index contributed by atoms with van der Waals surface area (Å²) in [5.74, 6) is 1.42. The molecule has 1 aliphatic heterocycles. The van der Waals surface area contributed by atoms with E-state index in [0.29, 0.717) is 43.0 Å². The molecule has 5 aromatic rings. The van der Waals surface area contributed by atoms with Gasteiger partial charge in [0.25, 0.3) is 0 Å². The van der Waals surface area contributed by atoms with Crippen molar-refractivity contribution in [2.75, 3.05) is 25.4 Å². The molecular formula is C28H29N9O2. The summed E-state index contributed by atoms with van der Waals surface area (Å²) >= 11 is 0. The number of carbonyl (C=O) groups excluding carboxylic acids is 1. The van der Waals surface area contributed by atoms with Crippen molar-refractivity contribution in [1.82, 2.24) is 35.1 Å². The standard InChI is InChI=1S/C28H29N9O2/c29-25-13-24(27-28(32-25)34-35-33-27)23-8-10-36(17-26(30)38)9-7-18-3-1-5-21(11-18)39-22-6-2-4-19(12-22)15-37-16-20(23)14-31-37/h1-6,11-14,16,23H,7-10,15,17H2,(H2,30,38)(H3,29,32,33,34,35). The number of ether oxygens (including phenoxy) is 1. The van der Waals surface area contributed by atoms with Gasteiger partial charge in [-0.25, -0.2) is 4.98 Å². The number of hydrogen-bond acceptors (Lipinski definition) is 8. The van der Waals surface area contributed by atoms with Crippen LogP contribution in [0.15, 0.2) is 67.0 Å². The number of anilines is 1. The van der Waals surface area contributed by atoms with Crippen LogP contribution in [0.4, 0.5) is 5.82 Å². The van der Waals surface area contributed by atoms with Crippen molar-refractivity contribution in [3.8, 4) is 11.5 Å². The largest absolute Gasteiger partial charge is 0.457 e. The quantitative estimate of drug-likeness (QED) is 0.326. The fraction of sp³-hybridized carbons (Fsp3) is 0.250. The zero-order chi connectivity index (χ0) is 26.8. The zero-order valence-electron chi connectivity index (χ0n) is 21.3. The Morgan fingerprint density at radius 3 is 2.67 bits per heavy atom. The summed E-state index contributed by atoms with van der Waals surface area (Å²) < 4.78 is 8.09. The number of benzene rings is 2. The number of amides is 1. The molecule has 0 saturated heterocycles. The Morgan fingerprint density at radius 1 is 1.05 bits per heavy atom. The van der Waals surface area contributed by atoms with Gasteiger partial charge < -0.3 is 16.2 Å². The molecule has 1 atom stereocenters. The van der Waals surface area contributed by atoms with Crippen molar-refractivity contribution < 1.29 is 9.53 Å². The summed E-state index contributed by atoms with van der Waals surface area (Å²) in [6.07, 6.45) is 5.34. The predicted molar refractivity (Wildman–Crippen MR) is 146 cm³/mol. The Bertz CT molecular complexity index is 1630. The summed E-state index contributed by atoms with van der Waals surface area (Å²) in [4.78, 5) is 18.4. The number of pyridine rings is 1. The van der Waals surface area contributed by atoms with Gasteiger partial charge in [-0.1, -0.05) is 24.3 Å². The number of nitrogens with zero attached hydrogens (tertiary/aromatic N) is 6. The monoisotopic (exact) mass is 523 g/mol. The van der Waals surface area contributed by atoms with Gasteiger partial charge in [-0.05, 0) is 72.0 Å². The molecule has 4 heterocycles. The van der Waals surface area contributed by atoms with Crippen molar-refractivity contribution in [2.24, 2.45) is 5.73 Å². The molecule has 0 fully saturated rings. The lowest BCUT2D eigenvalue weighted by atomic mass is 9.90. The van der Waals surface area contributed by atoms with Gasteiger partial charge in [0.05, 0.1) is 19.3 Å². The lowest BCUT2D eigenvalue weighted by molar-refractivity contribution is -0.119. The highest BCUT2D eigenvalue weighted by Gasteiger charge is 2.23. The van der Waals surface area contributed by atoms with E-state index in [2.05, 4.69) is 42.5 Å². The minimum atomic E-state index is -0.367. The van der Waals surface area contributed by atoms with E-state index < -0.39 is 0 Å². The molecule has 1 aliphatic rings. The molecule has 0 saturated carbocycles. The SMILES string of the molecule is NC(=O)CN1CCc2cccc(c2)Oc2cccc(c2)Cn2cc(cn2)C(c2cc(N)nc3n[nH]nc23)CC1. The first kappa shape index (κ1) is 24.6. The van der Waals surface area contributed by atoms with Crippen LogP contribution in [-0.2, 0) is 17.8 Å². The summed E-state index contributed by atoms with van der Waals surface area (Å²) in [5, 5.41) is 15.9. The maximum absolute atomic E-state index is 12.0. The lowest BCUT2D eigenvalue weighted by Crippen LogP contribution is -2.36. The van der Waals surface area contributed by atoms with Crippen LogP contribution in [0.25, 0.3) is 11.2 Å². The fourth-order valence-electron chi connectivity index (χ4n) is 5.18. The van der Waals surface area contributed by atoms with E-state index in [1.54, 1.807) is 0 Å². The van der Waals surface area contributed by atoms with Crippen LogP contribution >= 0.6 is 0 Å². The van der Waals surface area contributed by atoms with E-state index in [0.717, 1.165) is 40.2 Å². The smallest absolute Gasteiger partial charge is 0.231 e. The van der Waals surface area contributed by atoms with E-state index in [-0.39, 0.29) is 18.4 Å². The molecular weight excluding hydrogens is 494 g/mol. The van der Waals surface area contributed by atoms with E-state index >= 15 is 0 Å². The third kappa shape index (κ3) is 5.58. The van der Waals surface area contributed by atoms with Crippen LogP contribution in [0.5, 0.6) is 11.5 Å². The molecule has 1 unspecified atom stereocenters. The lowest BCUT2D eigenvalue weighted by Gasteiger charge is -2.24. The summed E-state index contributed by atoms with van der Waals surface area (Å²) in [6, 6.07) is 17.9. The molecule has 0 radical (unpaired) electrons. The third-order valence-electron chi connectivity index (χ3n) is 6.98. The van der Waals surface area contributed by atoms with Gasteiger partial charge >= 0.3 is 0 Å². The van der Waals surface area contributed by atoms with Gasteiger partial charge in [-0.3, -0.25) is 14.4 Å². The van der Waals surface area contributed by atoms with E-state index in [1.807, 2.05) is 59.5 Å². The van der Waals surface area contributed by atoms with E-state index in [1.165, 1.54) is 0 Å². The molecule has 5 N–H and O–H groups in total. The second kappa shape index (κ2) is 10.5. The van der Waals surface area contributed by atoms with Gasteiger partial charge in [0.1, 0.15) is 22.8 Å². The Morgan fingerprint density at radius 2 is 1.85 bits per heavy atom. The van der Waals surface area contributed by atoms with Gasteiger partial charge in [0.15, 0.2) is 0 Å². The first-order chi connectivity index (χ1) is 19.0. The summed E-state index contributed by atoms with van der Waals surface area (Å²) in [5.41, 5.74) is 17.0. The number of aromatic nitrogens is 6. The maximum atomic E-state index is 12.0. The number of H-pyrrole nitrogens is 1. The van der Waals surface area contributed by atoms with Crippen LogP contribution in [-0.4, -0.2) is 60.6 Å². The predicted octanol–water partition coefficient (Wildman–Crippen LogP) is 2.84. The summed E-state index contributed by atoms with van der Waals surface area (Å²) in [6.45, 7) is 2.02. The van der Waals surface area contributed by atoms with Crippen molar-refractivity contribution in [3.63, 3.8) is 0 Å². The Kier molecular flexibility index (Phi) is 6.64. The van der Waals surface area contributed by atoms with Gasteiger partial charge in [0, 0.05) is 18.7 Å². The molecule has 198 valence electrons. The molecule has 3 aromatic heterocycles.